The molecular weight excluding hydrogens is 302 g/mol. The largest absolute Gasteiger partial charge is 0.454 e. The predicted molar refractivity (Wildman–Crippen MR) is 93.3 cm³/mol. The van der Waals surface area contributed by atoms with Gasteiger partial charge in [0.1, 0.15) is 6.54 Å². The van der Waals surface area contributed by atoms with Gasteiger partial charge in [0.25, 0.3) is 0 Å². The summed E-state index contributed by atoms with van der Waals surface area (Å²) in [6.45, 7) is 5.09. The molecule has 2 aliphatic rings. The highest BCUT2D eigenvalue weighted by Gasteiger charge is 2.49. The summed E-state index contributed by atoms with van der Waals surface area (Å²) in [5.41, 5.74) is -0.830. The zero-order valence-corrected chi connectivity index (χ0v) is 14.9. The van der Waals surface area contributed by atoms with Crippen LogP contribution in [-0.2, 0) is 15.1 Å². The number of aliphatic hydroxyl groups is 1. The molecule has 1 aromatic carbocycles. The summed E-state index contributed by atoms with van der Waals surface area (Å²) in [4.78, 5) is 13.0. The summed E-state index contributed by atoms with van der Waals surface area (Å²) in [7, 11) is 2.20. The lowest BCUT2D eigenvalue weighted by Gasteiger charge is -2.33. The van der Waals surface area contributed by atoms with Crippen molar-refractivity contribution in [2.75, 3.05) is 26.7 Å². The first-order valence-corrected chi connectivity index (χ1v) is 9.30. The van der Waals surface area contributed by atoms with Crippen LogP contribution >= 0.6 is 0 Å². The number of hydrogen-bond acceptors (Lipinski definition) is 3. The normalized spacial score (nSPS) is 30.2. The number of likely N-dealkylation sites (N-methyl/N-ethyl adjacent to an activating group) is 1. The van der Waals surface area contributed by atoms with Crippen molar-refractivity contribution in [2.24, 2.45) is 5.92 Å². The Morgan fingerprint density at radius 1 is 1.25 bits per heavy atom. The molecule has 0 spiro atoms. The second-order valence-electron chi connectivity index (χ2n) is 7.77. The van der Waals surface area contributed by atoms with Gasteiger partial charge in [-0.1, -0.05) is 43.2 Å². The minimum Gasteiger partial charge on any atom is -0.454 e. The number of nitrogens with zero attached hydrogens (tertiary/aromatic N) is 1. The number of likely N-dealkylation sites (tertiary alicyclic amines) is 1. The third kappa shape index (κ3) is 3.22. The van der Waals surface area contributed by atoms with Crippen molar-refractivity contribution in [1.82, 2.24) is 0 Å². The van der Waals surface area contributed by atoms with Gasteiger partial charge in [-0.15, -0.1) is 0 Å². The molecule has 0 radical (unpaired) electrons. The molecule has 0 bridgehead atoms. The Bertz CT molecular complexity index is 570. The lowest BCUT2D eigenvalue weighted by atomic mass is 9.80. The minimum absolute atomic E-state index is 0.0409. The van der Waals surface area contributed by atoms with Gasteiger partial charge in [-0.3, -0.25) is 0 Å². The predicted octanol–water partition coefficient (Wildman–Crippen LogP) is 2.85. The molecule has 4 nitrogen and oxygen atoms in total. The minimum atomic E-state index is -1.50. The van der Waals surface area contributed by atoms with Crippen LogP contribution < -0.4 is 0 Å². The summed E-state index contributed by atoms with van der Waals surface area (Å²) in [5, 5.41) is 11.4. The fourth-order valence-electron chi connectivity index (χ4n) is 4.31. The molecule has 132 valence electrons. The first kappa shape index (κ1) is 17.4. The van der Waals surface area contributed by atoms with Gasteiger partial charge in [0.05, 0.1) is 20.1 Å². The molecule has 1 aliphatic heterocycles. The smallest absolute Gasteiger partial charge is 0.343 e. The third-order valence-corrected chi connectivity index (χ3v) is 6.14. The molecule has 1 heterocycles. The third-order valence-electron chi connectivity index (χ3n) is 6.14. The molecule has 1 aromatic rings. The maximum Gasteiger partial charge on any atom is 0.343 e. The average molecular weight is 332 g/mol. The van der Waals surface area contributed by atoms with E-state index >= 15 is 0 Å². The van der Waals surface area contributed by atoms with Gasteiger partial charge in [0.2, 0.25) is 0 Å². The molecular formula is C20H30NO3+. The average Bonchev–Trinajstić information content (AvgIpc) is 3.26. The topological polar surface area (TPSA) is 46.5 Å². The van der Waals surface area contributed by atoms with Gasteiger partial charge in [0, 0.05) is 12.3 Å². The number of ether oxygens (including phenoxy) is 1. The second kappa shape index (κ2) is 6.85. The molecule has 1 N–H and O–H groups in total. The van der Waals surface area contributed by atoms with Crippen LogP contribution in [0.5, 0.6) is 0 Å². The van der Waals surface area contributed by atoms with Crippen LogP contribution in [0.1, 0.15) is 44.6 Å². The van der Waals surface area contributed by atoms with E-state index in [4.69, 9.17) is 4.74 Å². The van der Waals surface area contributed by atoms with Gasteiger partial charge in [-0.2, -0.15) is 0 Å². The summed E-state index contributed by atoms with van der Waals surface area (Å²) in [6, 6.07) is 9.36. The summed E-state index contributed by atoms with van der Waals surface area (Å²) >= 11 is 0. The highest BCUT2D eigenvalue weighted by Crippen LogP contribution is 2.42. The number of esters is 1. The lowest BCUT2D eigenvalue weighted by Crippen LogP contribution is -2.46. The van der Waals surface area contributed by atoms with Gasteiger partial charge in [-0.05, 0) is 25.3 Å². The lowest BCUT2D eigenvalue weighted by molar-refractivity contribution is -0.897. The van der Waals surface area contributed by atoms with Gasteiger partial charge >= 0.3 is 5.97 Å². The van der Waals surface area contributed by atoms with Crippen LogP contribution in [0.25, 0.3) is 0 Å². The van der Waals surface area contributed by atoms with Crippen LogP contribution in [0.4, 0.5) is 0 Å². The Morgan fingerprint density at radius 3 is 2.50 bits per heavy atom. The fraction of sp³-hybridized carbons (Fsp3) is 0.650. The quantitative estimate of drug-likeness (QED) is 0.666. The molecule has 24 heavy (non-hydrogen) atoms. The van der Waals surface area contributed by atoms with Crippen LogP contribution in [0.2, 0.25) is 0 Å². The van der Waals surface area contributed by atoms with Gasteiger partial charge < -0.3 is 14.3 Å². The standard InChI is InChI=1S/C20H30NO3/c1-3-21(2)14-13-18(15-21)24-19(22)20(23,17-11-7-8-12-17)16-9-5-4-6-10-16/h4-6,9-10,17-18,23H,3,7-8,11-15H2,1-2H3/q+1/t18-,20+,21?/m0/s1. The maximum absolute atomic E-state index is 13.0. The van der Waals surface area contributed by atoms with Crippen molar-refractivity contribution in [1.29, 1.82) is 0 Å². The summed E-state index contributed by atoms with van der Waals surface area (Å²) in [6.07, 6.45) is 4.70. The fourth-order valence-corrected chi connectivity index (χ4v) is 4.31. The van der Waals surface area contributed by atoms with E-state index in [1.165, 1.54) is 0 Å². The number of carbonyl (C=O) groups excluding carboxylic acids is 1. The number of rotatable bonds is 5. The molecule has 3 atom stereocenters. The number of quaternary nitrogens is 1. The number of hydrogen-bond donors (Lipinski definition) is 1. The summed E-state index contributed by atoms with van der Waals surface area (Å²) in [5.74, 6) is -0.490. The maximum atomic E-state index is 13.0. The van der Waals surface area contributed by atoms with E-state index in [0.29, 0.717) is 5.56 Å². The molecule has 2 fully saturated rings. The van der Waals surface area contributed by atoms with E-state index in [1.807, 2.05) is 30.3 Å². The number of benzene rings is 1. The zero-order chi connectivity index (χ0) is 17.2. The van der Waals surface area contributed by atoms with E-state index in [2.05, 4.69) is 14.0 Å². The molecule has 1 unspecified atom stereocenters. The Kier molecular flexibility index (Phi) is 4.97. The second-order valence-corrected chi connectivity index (χ2v) is 7.77. The SMILES string of the molecule is CC[N+]1(C)CC[C@H](OC(=O)[C@@](O)(c2ccccc2)C2CCCC2)C1. The van der Waals surface area contributed by atoms with Gasteiger partial charge in [-0.25, -0.2) is 4.79 Å². The van der Waals surface area contributed by atoms with Crippen LogP contribution in [0, 0.1) is 5.92 Å². The molecule has 1 aliphatic carbocycles. The van der Waals surface area contributed by atoms with E-state index in [0.717, 1.165) is 56.2 Å². The zero-order valence-electron chi connectivity index (χ0n) is 14.9. The Labute approximate surface area is 145 Å². The van der Waals surface area contributed by atoms with Crippen LogP contribution in [-0.4, -0.2) is 48.3 Å². The molecule has 1 saturated heterocycles. The van der Waals surface area contributed by atoms with Crippen molar-refractivity contribution in [2.45, 2.75) is 50.7 Å². The van der Waals surface area contributed by atoms with Crippen molar-refractivity contribution in [3.63, 3.8) is 0 Å². The van der Waals surface area contributed by atoms with Crippen molar-refractivity contribution in [3.05, 3.63) is 35.9 Å². The van der Waals surface area contributed by atoms with Crippen molar-refractivity contribution in [3.8, 4) is 0 Å². The first-order valence-electron chi connectivity index (χ1n) is 9.30. The molecule has 4 heteroatoms. The van der Waals surface area contributed by atoms with Crippen LogP contribution in [0.15, 0.2) is 30.3 Å². The Balaban J connectivity index is 1.80. The molecule has 1 saturated carbocycles. The van der Waals surface area contributed by atoms with E-state index in [-0.39, 0.29) is 12.0 Å². The van der Waals surface area contributed by atoms with E-state index in [1.54, 1.807) is 0 Å². The highest BCUT2D eigenvalue weighted by molar-refractivity contribution is 5.81. The Hall–Kier alpha value is -1.39. The molecule has 0 amide bonds. The van der Waals surface area contributed by atoms with Crippen LogP contribution in [0.3, 0.4) is 0 Å². The number of carbonyl (C=O) groups is 1. The highest BCUT2D eigenvalue weighted by atomic mass is 16.6. The van der Waals surface area contributed by atoms with Gasteiger partial charge in [0.15, 0.2) is 11.7 Å². The molecule has 0 aromatic heterocycles. The van der Waals surface area contributed by atoms with E-state index in [9.17, 15) is 9.90 Å². The molecule has 3 rings (SSSR count). The summed E-state index contributed by atoms with van der Waals surface area (Å²) < 4.78 is 6.77. The first-order chi connectivity index (χ1) is 11.5. The van der Waals surface area contributed by atoms with Crippen molar-refractivity contribution >= 4 is 5.97 Å². The van der Waals surface area contributed by atoms with Crippen molar-refractivity contribution < 1.29 is 19.1 Å². The Morgan fingerprint density at radius 2 is 1.92 bits per heavy atom. The monoisotopic (exact) mass is 332 g/mol. The van der Waals surface area contributed by atoms with E-state index < -0.39 is 11.6 Å².